The van der Waals surface area contributed by atoms with Gasteiger partial charge in [0.2, 0.25) is 0 Å². The van der Waals surface area contributed by atoms with E-state index in [-0.39, 0.29) is 0 Å². The van der Waals surface area contributed by atoms with Crippen molar-refractivity contribution in [2.24, 2.45) is 0 Å². The van der Waals surface area contributed by atoms with Gasteiger partial charge in [-0.3, -0.25) is 0 Å². The first-order chi connectivity index (χ1) is 7.75. The standard InChI is InChI=1S/C15H15P/c1-10-9-11(2)16-15(10)14-8-7-12-5-3-4-6-13(12)14/h3-9,14,16H,1-2H3. The molecule has 0 N–H and O–H groups in total. The highest BCUT2D eigenvalue weighted by Crippen LogP contribution is 2.42. The molecular formula is C15H15P. The molecule has 0 bridgehead atoms. The Kier molecular flexibility index (Phi) is 2.26. The lowest BCUT2D eigenvalue weighted by atomic mass is 9.97. The lowest BCUT2D eigenvalue weighted by Gasteiger charge is -2.10. The molecule has 1 aromatic carbocycles. The van der Waals surface area contributed by atoms with Gasteiger partial charge in [0.05, 0.1) is 0 Å². The van der Waals surface area contributed by atoms with Gasteiger partial charge in [-0.25, -0.2) is 0 Å². The van der Waals surface area contributed by atoms with E-state index in [4.69, 9.17) is 0 Å². The first-order valence-corrected chi connectivity index (χ1v) is 6.69. The second-order valence-corrected chi connectivity index (χ2v) is 6.09. The van der Waals surface area contributed by atoms with Crippen molar-refractivity contribution in [1.29, 1.82) is 0 Å². The van der Waals surface area contributed by atoms with Crippen molar-refractivity contribution in [3.63, 3.8) is 0 Å². The molecule has 2 unspecified atom stereocenters. The number of allylic oxidation sites excluding steroid dienone is 1. The summed E-state index contributed by atoms with van der Waals surface area (Å²) in [4.78, 5) is 0. The van der Waals surface area contributed by atoms with Crippen LogP contribution < -0.4 is 0 Å². The summed E-state index contributed by atoms with van der Waals surface area (Å²) in [7, 11) is 0.889. The smallest absolute Gasteiger partial charge is 0.0316 e. The molecule has 0 radical (unpaired) electrons. The fourth-order valence-corrected chi connectivity index (χ4v) is 3.96. The molecule has 1 aliphatic carbocycles. The molecule has 0 saturated heterocycles. The van der Waals surface area contributed by atoms with E-state index in [1.165, 1.54) is 22.0 Å². The van der Waals surface area contributed by atoms with Gasteiger partial charge in [0.25, 0.3) is 0 Å². The summed E-state index contributed by atoms with van der Waals surface area (Å²) in [6, 6.07) is 11.1. The lowest BCUT2D eigenvalue weighted by molar-refractivity contribution is 1.07. The number of rotatable bonds is 1. The molecule has 1 heterocycles. The third kappa shape index (κ3) is 1.45. The van der Waals surface area contributed by atoms with Gasteiger partial charge in [-0.15, -0.1) is 8.19 Å². The van der Waals surface area contributed by atoms with Crippen molar-refractivity contribution in [3.05, 3.63) is 63.7 Å². The van der Waals surface area contributed by atoms with Crippen LogP contribution in [0.2, 0.25) is 0 Å². The van der Waals surface area contributed by atoms with E-state index in [1.807, 2.05) is 0 Å². The molecule has 0 nitrogen and oxygen atoms in total. The van der Waals surface area contributed by atoms with E-state index in [9.17, 15) is 0 Å². The highest BCUT2D eigenvalue weighted by atomic mass is 31.0. The molecular weight excluding hydrogens is 211 g/mol. The molecule has 2 aromatic rings. The van der Waals surface area contributed by atoms with Gasteiger partial charge in [-0.2, -0.15) is 0 Å². The molecule has 0 saturated carbocycles. The summed E-state index contributed by atoms with van der Waals surface area (Å²) in [5.74, 6) is 0.531. The van der Waals surface area contributed by atoms with Crippen LogP contribution in [-0.2, 0) is 0 Å². The van der Waals surface area contributed by atoms with Crippen LogP contribution in [0.3, 0.4) is 0 Å². The normalized spacial score (nSPS) is 18.2. The van der Waals surface area contributed by atoms with Gasteiger partial charge < -0.3 is 0 Å². The SMILES string of the molecule is Cc1cc(C)c(C2C=Cc3ccccc32)[pH]1. The summed E-state index contributed by atoms with van der Waals surface area (Å²) in [5.41, 5.74) is 4.34. The van der Waals surface area contributed by atoms with Crippen molar-refractivity contribution in [2.75, 3.05) is 0 Å². The summed E-state index contributed by atoms with van der Waals surface area (Å²) < 4.78 is 0. The minimum Gasteiger partial charge on any atom is -0.132 e. The summed E-state index contributed by atoms with van der Waals surface area (Å²) in [6.45, 7) is 4.48. The van der Waals surface area contributed by atoms with Crippen LogP contribution in [0.5, 0.6) is 0 Å². The molecule has 16 heavy (non-hydrogen) atoms. The predicted octanol–water partition coefficient (Wildman–Crippen LogP) is 4.49. The van der Waals surface area contributed by atoms with Crippen LogP contribution in [0.15, 0.2) is 36.4 Å². The van der Waals surface area contributed by atoms with Gasteiger partial charge in [0.1, 0.15) is 0 Å². The van der Waals surface area contributed by atoms with Crippen LogP contribution in [0.1, 0.15) is 33.2 Å². The molecule has 1 aromatic heterocycles. The maximum absolute atomic E-state index is 2.35. The van der Waals surface area contributed by atoms with E-state index < -0.39 is 0 Å². The Balaban J connectivity index is 2.11. The van der Waals surface area contributed by atoms with E-state index in [0.29, 0.717) is 5.92 Å². The van der Waals surface area contributed by atoms with Crippen molar-refractivity contribution >= 4 is 14.3 Å². The van der Waals surface area contributed by atoms with E-state index in [0.717, 1.165) is 8.19 Å². The van der Waals surface area contributed by atoms with Gasteiger partial charge >= 0.3 is 0 Å². The zero-order valence-corrected chi connectivity index (χ0v) is 10.6. The number of aryl methyl sites for hydroxylation is 2. The molecule has 0 amide bonds. The minimum atomic E-state index is 0.531. The Morgan fingerprint density at radius 2 is 1.94 bits per heavy atom. The zero-order valence-electron chi connectivity index (χ0n) is 9.62. The maximum atomic E-state index is 2.35. The van der Waals surface area contributed by atoms with Crippen molar-refractivity contribution in [2.45, 2.75) is 19.8 Å². The van der Waals surface area contributed by atoms with Gasteiger partial charge in [0.15, 0.2) is 0 Å². The summed E-state index contributed by atoms with van der Waals surface area (Å²) >= 11 is 0. The topological polar surface area (TPSA) is 0 Å². The second kappa shape index (κ2) is 3.64. The largest absolute Gasteiger partial charge is 0.132 e. The Morgan fingerprint density at radius 3 is 2.69 bits per heavy atom. The zero-order chi connectivity index (χ0) is 11.1. The predicted molar refractivity (Wildman–Crippen MR) is 72.7 cm³/mol. The van der Waals surface area contributed by atoms with E-state index >= 15 is 0 Å². The Hall–Kier alpha value is -1.26. The second-order valence-electron chi connectivity index (χ2n) is 4.51. The van der Waals surface area contributed by atoms with Crippen LogP contribution >= 0.6 is 8.19 Å². The third-order valence-corrected chi connectivity index (χ3v) is 4.81. The first-order valence-electron chi connectivity index (χ1n) is 5.69. The average Bonchev–Trinajstić information content (AvgIpc) is 2.81. The first kappa shape index (κ1) is 9.93. The van der Waals surface area contributed by atoms with Gasteiger partial charge in [-0.05, 0) is 41.1 Å². The Labute approximate surface area is 98.1 Å². The van der Waals surface area contributed by atoms with Gasteiger partial charge in [0, 0.05) is 5.92 Å². The Morgan fingerprint density at radius 1 is 1.12 bits per heavy atom. The van der Waals surface area contributed by atoms with Crippen LogP contribution in [-0.4, -0.2) is 0 Å². The number of hydrogen-bond donors (Lipinski definition) is 0. The molecule has 1 heteroatoms. The van der Waals surface area contributed by atoms with Crippen molar-refractivity contribution in [3.8, 4) is 0 Å². The van der Waals surface area contributed by atoms with Crippen molar-refractivity contribution < 1.29 is 0 Å². The van der Waals surface area contributed by atoms with Crippen LogP contribution in [0.4, 0.5) is 0 Å². The third-order valence-electron chi connectivity index (χ3n) is 3.30. The summed E-state index contributed by atoms with van der Waals surface area (Å²) in [5, 5.41) is 3.13. The lowest BCUT2D eigenvalue weighted by Crippen LogP contribution is -1.93. The monoisotopic (exact) mass is 226 g/mol. The van der Waals surface area contributed by atoms with Crippen LogP contribution in [0.25, 0.3) is 6.08 Å². The number of hydrogen-bond acceptors (Lipinski definition) is 0. The molecule has 3 rings (SSSR count). The molecule has 1 aliphatic rings. The average molecular weight is 226 g/mol. The maximum Gasteiger partial charge on any atom is 0.0316 e. The number of benzene rings is 1. The quantitative estimate of drug-likeness (QED) is 0.672. The highest BCUT2D eigenvalue weighted by molar-refractivity contribution is 7.32. The van der Waals surface area contributed by atoms with Gasteiger partial charge in [-0.1, -0.05) is 42.5 Å². The van der Waals surface area contributed by atoms with E-state index in [2.05, 4.69) is 56.3 Å². The molecule has 0 fully saturated rings. The van der Waals surface area contributed by atoms with Crippen LogP contribution in [0, 0.1) is 13.8 Å². The molecule has 2 atom stereocenters. The fraction of sp³-hybridized carbons (Fsp3) is 0.200. The van der Waals surface area contributed by atoms with Crippen molar-refractivity contribution in [1.82, 2.24) is 0 Å². The molecule has 0 aliphatic heterocycles. The summed E-state index contributed by atoms with van der Waals surface area (Å²) in [6.07, 6.45) is 4.61. The Bertz CT molecular complexity index is 561. The minimum absolute atomic E-state index is 0.531. The molecule has 0 spiro atoms. The van der Waals surface area contributed by atoms with E-state index in [1.54, 1.807) is 5.30 Å². The number of fused-ring (bicyclic) bond motifs is 1. The highest BCUT2D eigenvalue weighted by Gasteiger charge is 2.20. The molecule has 80 valence electrons. The fourth-order valence-electron chi connectivity index (χ4n) is 2.57.